The highest BCUT2D eigenvalue weighted by Gasteiger charge is 2.26. The van der Waals surface area contributed by atoms with Crippen LogP contribution in [0, 0.1) is 5.92 Å². The number of sulfonamides is 1. The number of nitrogens with one attached hydrogen (secondary N) is 4. The summed E-state index contributed by atoms with van der Waals surface area (Å²) in [7, 11) is -0.804. The number of fused-ring (bicyclic) bond motifs is 1. The highest BCUT2D eigenvalue weighted by Crippen LogP contribution is 2.40. The van der Waals surface area contributed by atoms with Crippen molar-refractivity contribution >= 4 is 55.6 Å². The van der Waals surface area contributed by atoms with Gasteiger partial charge in [-0.05, 0) is 59.0 Å². The number of pyridine rings is 1. The molecule has 0 saturated heterocycles. The van der Waals surface area contributed by atoms with Gasteiger partial charge in [-0.1, -0.05) is 51.1 Å². The van der Waals surface area contributed by atoms with Crippen molar-refractivity contribution in [1.29, 1.82) is 0 Å². The zero-order chi connectivity index (χ0) is 43.2. The first kappa shape index (κ1) is 42.7. The van der Waals surface area contributed by atoms with E-state index < -0.39 is 27.9 Å². The first-order valence-corrected chi connectivity index (χ1v) is 20.7. The number of hydrogen-bond donors (Lipinski definition) is 5. The second-order valence-electron chi connectivity index (χ2n) is 15.2. The number of H-pyrrole nitrogens is 1. The molecule has 4 aromatic carbocycles. The maximum Gasteiger partial charge on any atom is 0.323 e. The number of ketones is 1. The molecule has 312 valence electrons. The molecule has 1 atom stereocenters. The third kappa shape index (κ3) is 10.6. The zero-order valence-electron chi connectivity index (χ0n) is 34.0. The number of nitrogens with zero attached hydrogens (tertiary/aromatic N) is 2. The third-order valence-electron chi connectivity index (χ3n) is 9.60. The monoisotopic (exact) mass is 834 g/mol. The number of methoxy groups -OCH3 is 2. The number of rotatable bonds is 16. The van der Waals surface area contributed by atoms with Crippen LogP contribution in [0.1, 0.15) is 60.1 Å². The molecule has 60 heavy (non-hydrogen) atoms. The average molecular weight is 835 g/mol. The van der Waals surface area contributed by atoms with Crippen LogP contribution >= 0.6 is 0 Å². The number of benzene rings is 4. The molecule has 0 aliphatic rings. The van der Waals surface area contributed by atoms with Crippen molar-refractivity contribution < 1.29 is 42.1 Å². The fourth-order valence-corrected chi connectivity index (χ4v) is 7.22. The number of carbonyl (C=O) groups is 3. The van der Waals surface area contributed by atoms with Gasteiger partial charge in [0.2, 0.25) is 10.0 Å². The number of urea groups is 1. The summed E-state index contributed by atoms with van der Waals surface area (Å²) < 4.78 is 44.3. The number of amides is 2. The van der Waals surface area contributed by atoms with Gasteiger partial charge < -0.3 is 34.9 Å². The maximum atomic E-state index is 13.5. The average Bonchev–Trinajstić information content (AvgIpc) is 3.71. The lowest BCUT2D eigenvalue weighted by Gasteiger charge is -2.24. The Balaban J connectivity index is 1.17. The van der Waals surface area contributed by atoms with Gasteiger partial charge in [0.15, 0.2) is 11.5 Å². The van der Waals surface area contributed by atoms with Crippen LogP contribution in [0.3, 0.4) is 0 Å². The van der Waals surface area contributed by atoms with Crippen molar-refractivity contribution in [2.75, 3.05) is 35.8 Å². The molecular formula is C44H46N6O9S. The maximum absolute atomic E-state index is 13.5. The Labute approximate surface area is 347 Å². The summed E-state index contributed by atoms with van der Waals surface area (Å²) in [5.41, 5.74) is 3.77. The molecule has 0 unspecified atom stereocenters. The normalized spacial score (nSPS) is 12.0. The van der Waals surface area contributed by atoms with Crippen LogP contribution in [0.4, 0.5) is 21.9 Å². The Morgan fingerprint density at radius 2 is 1.60 bits per heavy atom. The second-order valence-corrected chi connectivity index (χ2v) is 17.0. The van der Waals surface area contributed by atoms with E-state index in [0.717, 1.165) is 22.8 Å². The van der Waals surface area contributed by atoms with Crippen LogP contribution in [0.25, 0.3) is 10.8 Å². The van der Waals surface area contributed by atoms with Crippen LogP contribution in [0.2, 0.25) is 0 Å². The number of hydrogen-bond acceptors (Lipinski definition) is 10. The van der Waals surface area contributed by atoms with Gasteiger partial charge in [0.05, 0.1) is 55.3 Å². The summed E-state index contributed by atoms with van der Waals surface area (Å²) in [6, 6.07) is 22.5. The number of carbonyl (C=O) groups excluding carboxylic acids is 2. The summed E-state index contributed by atoms with van der Waals surface area (Å²) in [6.07, 6.45) is 5.99. The topological polar surface area (TPSA) is 211 Å². The van der Waals surface area contributed by atoms with E-state index in [1.54, 1.807) is 60.8 Å². The van der Waals surface area contributed by atoms with Crippen LogP contribution < -0.4 is 29.6 Å². The molecule has 0 bridgehead atoms. The van der Waals surface area contributed by atoms with Gasteiger partial charge in [0, 0.05) is 59.9 Å². The number of imidazole rings is 1. The molecule has 15 nitrogen and oxygen atoms in total. The molecule has 0 saturated carbocycles. The Bertz CT molecular complexity index is 2660. The molecule has 2 heterocycles. The fourth-order valence-electron chi connectivity index (χ4n) is 6.67. The second kappa shape index (κ2) is 17.9. The van der Waals surface area contributed by atoms with Gasteiger partial charge in [0.1, 0.15) is 17.2 Å². The number of Topliss-reactive ketones (excluding diaryl/α,β-unsaturated/α-hetero) is 1. The highest BCUT2D eigenvalue weighted by molar-refractivity contribution is 7.92. The summed E-state index contributed by atoms with van der Waals surface area (Å²) in [5, 5.41) is 16.9. The molecule has 0 radical (unpaired) electrons. The van der Waals surface area contributed by atoms with Crippen molar-refractivity contribution in [2.45, 2.75) is 45.4 Å². The van der Waals surface area contributed by atoms with Crippen molar-refractivity contribution in [3.8, 4) is 23.0 Å². The van der Waals surface area contributed by atoms with Crippen molar-refractivity contribution in [3.05, 3.63) is 126 Å². The van der Waals surface area contributed by atoms with Crippen LogP contribution in [0.15, 0.2) is 97.6 Å². The van der Waals surface area contributed by atoms with Gasteiger partial charge in [-0.2, -0.15) is 0 Å². The first-order chi connectivity index (χ1) is 28.5. The van der Waals surface area contributed by atoms with E-state index >= 15 is 0 Å². The predicted molar refractivity (Wildman–Crippen MR) is 229 cm³/mol. The number of carboxylic acids is 1. The van der Waals surface area contributed by atoms with Crippen LogP contribution in [-0.4, -0.2) is 66.7 Å². The zero-order valence-corrected chi connectivity index (χ0v) is 34.8. The molecule has 0 aliphatic carbocycles. The number of ether oxygens (including phenoxy) is 3. The van der Waals surface area contributed by atoms with Gasteiger partial charge in [-0.25, -0.2) is 18.2 Å². The Morgan fingerprint density at radius 1 is 0.867 bits per heavy atom. The quantitative estimate of drug-likeness (QED) is 0.0587. The van der Waals surface area contributed by atoms with E-state index in [1.165, 1.54) is 26.7 Å². The molecule has 0 aliphatic heterocycles. The molecule has 2 aromatic heterocycles. The highest BCUT2D eigenvalue weighted by atomic mass is 32.2. The standard InChI is InChI=1S/C44H46N6O9S/c1-44(2,3)28-21-36(41(58-5)37(22-28)50-60(6,55)56)49-43(54)48-35-13-14-39(33-10-8-7-9-32(33)35)59-31-15-16-46-29(23-31)17-26-11-12-34(40(18-26)57-4)38(51)20-27(42(52)53)19-30-24-45-25-47-30/h7-16,18,21-25,27,50H,17,19-20H2,1-6H3,(H,45,47)(H,52,53)(H2,48,49,54)/t27-/m1/s1. The molecule has 5 N–H and O–H groups in total. The van der Waals surface area contributed by atoms with Crippen LogP contribution in [-0.2, 0) is 33.1 Å². The summed E-state index contributed by atoms with van der Waals surface area (Å²) in [4.78, 5) is 50.1. The van der Waals surface area contributed by atoms with E-state index in [1.807, 2.05) is 45.0 Å². The Hall–Kier alpha value is -6.94. The molecule has 2 amide bonds. The smallest absolute Gasteiger partial charge is 0.323 e. The van der Waals surface area contributed by atoms with Gasteiger partial charge in [-0.3, -0.25) is 19.3 Å². The SMILES string of the molecule is COc1cc(Cc2cc(Oc3ccc(NC(=O)Nc4cc(C(C)(C)C)cc(NS(C)(=O)=O)c4OC)c4ccccc34)ccn2)ccc1C(=O)C[C@@H](Cc1cnc[nH]1)C(=O)O. The van der Waals surface area contributed by atoms with Crippen molar-refractivity contribution in [2.24, 2.45) is 5.92 Å². The fraction of sp³-hybridized carbons (Fsp3) is 0.250. The Kier molecular flexibility index (Phi) is 12.7. The van der Waals surface area contributed by atoms with Crippen molar-refractivity contribution in [3.63, 3.8) is 0 Å². The lowest BCUT2D eigenvalue weighted by Crippen LogP contribution is -2.22. The van der Waals surface area contributed by atoms with E-state index in [2.05, 4.69) is 30.3 Å². The predicted octanol–water partition coefficient (Wildman–Crippen LogP) is 8.19. The van der Waals surface area contributed by atoms with Gasteiger partial charge in [-0.15, -0.1) is 0 Å². The molecule has 6 rings (SSSR count). The molecule has 6 aromatic rings. The van der Waals surface area contributed by atoms with Gasteiger partial charge >= 0.3 is 12.0 Å². The number of aliphatic carboxylic acids is 1. The lowest BCUT2D eigenvalue weighted by atomic mass is 9.86. The molecular weight excluding hydrogens is 789 g/mol. The number of carboxylic acid groups (broad SMARTS) is 1. The van der Waals surface area contributed by atoms with E-state index in [4.69, 9.17) is 14.2 Å². The summed E-state index contributed by atoms with van der Waals surface area (Å²) in [6.45, 7) is 5.92. The minimum atomic E-state index is -3.66. The van der Waals surface area contributed by atoms with Crippen LogP contribution in [0.5, 0.6) is 23.0 Å². The molecule has 0 spiro atoms. The summed E-state index contributed by atoms with van der Waals surface area (Å²) >= 11 is 0. The first-order valence-electron chi connectivity index (χ1n) is 18.8. The lowest BCUT2D eigenvalue weighted by molar-refractivity contribution is -0.141. The Morgan fingerprint density at radius 3 is 2.27 bits per heavy atom. The molecule has 0 fully saturated rings. The van der Waals surface area contributed by atoms with E-state index in [-0.39, 0.29) is 46.7 Å². The van der Waals surface area contributed by atoms with E-state index in [0.29, 0.717) is 46.1 Å². The number of aromatic nitrogens is 3. The van der Waals surface area contributed by atoms with E-state index in [9.17, 15) is 27.9 Å². The third-order valence-corrected chi connectivity index (χ3v) is 10.2. The number of anilines is 3. The minimum Gasteiger partial charge on any atom is -0.496 e. The summed E-state index contributed by atoms with van der Waals surface area (Å²) in [5.74, 6) is -0.831. The number of aromatic amines is 1. The van der Waals surface area contributed by atoms with Crippen molar-refractivity contribution in [1.82, 2.24) is 15.0 Å². The largest absolute Gasteiger partial charge is 0.496 e. The van der Waals surface area contributed by atoms with Gasteiger partial charge in [0.25, 0.3) is 0 Å². The minimum absolute atomic E-state index is 0.139. The molecule has 16 heteroatoms.